The largest absolute Gasteiger partial charge is 0.494 e. The van der Waals surface area contributed by atoms with Crippen LogP contribution in [0.5, 0.6) is 11.5 Å². The number of ether oxygens (including phenoxy) is 2. The molecule has 1 aliphatic rings. The van der Waals surface area contributed by atoms with Gasteiger partial charge in [-0.05, 0) is 108 Å². The summed E-state index contributed by atoms with van der Waals surface area (Å²) in [6.45, 7) is 4.90. The zero-order valence-corrected chi connectivity index (χ0v) is 22.4. The van der Waals surface area contributed by atoms with Crippen molar-refractivity contribution in [2.24, 2.45) is 0 Å². The van der Waals surface area contributed by atoms with Gasteiger partial charge in [-0.25, -0.2) is 8.42 Å². The number of carbonyl (C=O) groups is 1. The first-order chi connectivity index (χ1) is 17.6. The van der Waals surface area contributed by atoms with Crippen molar-refractivity contribution in [2.75, 3.05) is 18.6 Å². The smallest absolute Gasteiger partial charge is 0.303 e. The molecule has 1 atom stereocenters. The number of rotatable bonds is 11. The summed E-state index contributed by atoms with van der Waals surface area (Å²) in [6, 6.07) is 18.3. The van der Waals surface area contributed by atoms with Crippen molar-refractivity contribution in [3.63, 3.8) is 0 Å². The third kappa shape index (κ3) is 7.13. The Morgan fingerprint density at radius 2 is 1.76 bits per heavy atom. The Hall–Kier alpha value is -3.32. The lowest BCUT2D eigenvalue weighted by Crippen LogP contribution is -2.08. The van der Waals surface area contributed by atoms with Gasteiger partial charge in [-0.15, -0.1) is 0 Å². The zero-order chi connectivity index (χ0) is 26.6. The van der Waals surface area contributed by atoms with E-state index >= 15 is 0 Å². The predicted octanol–water partition coefficient (Wildman–Crippen LogP) is 5.87. The highest BCUT2D eigenvalue weighted by Gasteiger charge is 2.25. The first-order valence-corrected chi connectivity index (χ1v) is 14.6. The van der Waals surface area contributed by atoms with Crippen LogP contribution in [0.1, 0.15) is 53.0 Å². The average Bonchev–Trinajstić information content (AvgIpc) is 3.21. The van der Waals surface area contributed by atoms with E-state index in [9.17, 15) is 13.2 Å². The third-order valence-electron chi connectivity index (χ3n) is 6.79. The van der Waals surface area contributed by atoms with Gasteiger partial charge in [0, 0.05) is 6.26 Å². The lowest BCUT2D eigenvalue weighted by atomic mass is 9.94. The van der Waals surface area contributed by atoms with Crippen molar-refractivity contribution in [3.8, 4) is 22.6 Å². The first-order valence-electron chi connectivity index (χ1n) is 12.6. The fourth-order valence-electron chi connectivity index (χ4n) is 5.15. The maximum Gasteiger partial charge on any atom is 0.303 e. The summed E-state index contributed by atoms with van der Waals surface area (Å²) in [4.78, 5) is 11.1. The molecule has 0 fully saturated rings. The molecule has 3 aromatic carbocycles. The summed E-state index contributed by atoms with van der Waals surface area (Å²) in [5, 5.41) is 9.14. The minimum atomic E-state index is -2.98. The molecule has 0 saturated heterocycles. The van der Waals surface area contributed by atoms with Gasteiger partial charge < -0.3 is 14.6 Å². The summed E-state index contributed by atoms with van der Waals surface area (Å²) < 4.78 is 34.5. The molecule has 7 heteroatoms. The fraction of sp³-hybridized carbons (Fsp3) is 0.367. The molecule has 0 unspecified atom stereocenters. The molecule has 0 heterocycles. The molecule has 1 N–H and O–H groups in total. The lowest BCUT2D eigenvalue weighted by Gasteiger charge is -2.15. The van der Waals surface area contributed by atoms with Gasteiger partial charge in [0.05, 0.1) is 18.8 Å². The van der Waals surface area contributed by atoms with Crippen molar-refractivity contribution < 1.29 is 27.8 Å². The molecule has 37 heavy (non-hydrogen) atoms. The fourth-order valence-corrected chi connectivity index (χ4v) is 5.79. The van der Waals surface area contributed by atoms with Gasteiger partial charge in [0.2, 0.25) is 0 Å². The topological polar surface area (TPSA) is 89.9 Å². The maximum absolute atomic E-state index is 11.3. The quantitative estimate of drug-likeness (QED) is 0.317. The lowest BCUT2D eigenvalue weighted by molar-refractivity contribution is -0.137. The van der Waals surface area contributed by atoms with Gasteiger partial charge in [0.15, 0.2) is 0 Å². The van der Waals surface area contributed by atoms with Crippen LogP contribution in [0.4, 0.5) is 0 Å². The number of fused-ring (bicyclic) bond motifs is 1. The van der Waals surface area contributed by atoms with E-state index in [-0.39, 0.29) is 18.1 Å². The Kier molecular flexibility index (Phi) is 8.22. The molecular weight excluding hydrogens is 488 g/mol. The van der Waals surface area contributed by atoms with E-state index in [0.717, 1.165) is 57.7 Å². The van der Waals surface area contributed by atoms with Gasteiger partial charge in [0.25, 0.3) is 0 Å². The summed E-state index contributed by atoms with van der Waals surface area (Å²) in [6.07, 6.45) is 3.63. The number of carboxylic acid groups (broad SMARTS) is 1. The number of sulfone groups is 1. The second kappa shape index (κ2) is 11.4. The second-order valence-electron chi connectivity index (χ2n) is 9.95. The number of hydrogen-bond donors (Lipinski definition) is 1. The molecule has 6 nitrogen and oxygen atoms in total. The minimum absolute atomic E-state index is 0.0917. The maximum atomic E-state index is 11.3. The Labute approximate surface area is 219 Å². The van der Waals surface area contributed by atoms with E-state index in [0.29, 0.717) is 19.6 Å². The monoisotopic (exact) mass is 522 g/mol. The highest BCUT2D eigenvalue weighted by Crippen LogP contribution is 2.37. The second-order valence-corrected chi connectivity index (χ2v) is 12.2. The van der Waals surface area contributed by atoms with Crippen molar-refractivity contribution in [2.45, 2.75) is 52.1 Å². The number of benzene rings is 3. The summed E-state index contributed by atoms with van der Waals surface area (Å²) >= 11 is 0. The van der Waals surface area contributed by atoms with Gasteiger partial charge in [-0.1, -0.05) is 24.3 Å². The van der Waals surface area contributed by atoms with Crippen LogP contribution in [-0.4, -0.2) is 38.1 Å². The molecular formula is C30H34O6S. The van der Waals surface area contributed by atoms with Crippen molar-refractivity contribution in [3.05, 3.63) is 82.4 Å². The average molecular weight is 523 g/mol. The number of aliphatic carboxylic acids is 1. The Morgan fingerprint density at radius 1 is 1.00 bits per heavy atom. The Bertz CT molecular complexity index is 1370. The van der Waals surface area contributed by atoms with Gasteiger partial charge in [0.1, 0.15) is 27.9 Å². The van der Waals surface area contributed by atoms with E-state index in [1.165, 1.54) is 11.8 Å². The highest BCUT2D eigenvalue weighted by molar-refractivity contribution is 7.90. The molecule has 3 aromatic rings. The molecule has 0 spiro atoms. The molecule has 0 aromatic heterocycles. The number of carboxylic acids is 1. The molecule has 196 valence electrons. The zero-order valence-electron chi connectivity index (χ0n) is 21.6. The van der Waals surface area contributed by atoms with Crippen LogP contribution in [0.25, 0.3) is 11.1 Å². The number of hydrogen-bond acceptors (Lipinski definition) is 5. The van der Waals surface area contributed by atoms with E-state index in [2.05, 4.69) is 26.0 Å². The van der Waals surface area contributed by atoms with Crippen LogP contribution < -0.4 is 9.47 Å². The van der Waals surface area contributed by atoms with Crippen LogP contribution in [0.15, 0.2) is 54.6 Å². The normalized spacial score (nSPS) is 14.8. The summed E-state index contributed by atoms with van der Waals surface area (Å²) in [5.74, 6) is 0.998. The molecule has 0 radical (unpaired) electrons. The molecule has 1 aliphatic carbocycles. The van der Waals surface area contributed by atoms with E-state index in [1.807, 2.05) is 42.5 Å². The summed E-state index contributed by atoms with van der Waals surface area (Å²) in [5.41, 5.74) is 7.79. The van der Waals surface area contributed by atoms with Gasteiger partial charge >= 0.3 is 5.97 Å². The Morgan fingerprint density at radius 3 is 2.46 bits per heavy atom. The van der Waals surface area contributed by atoms with Crippen LogP contribution in [0, 0.1) is 13.8 Å². The van der Waals surface area contributed by atoms with Crippen LogP contribution in [0.2, 0.25) is 0 Å². The molecule has 0 amide bonds. The van der Waals surface area contributed by atoms with E-state index in [4.69, 9.17) is 14.6 Å². The molecule has 0 aliphatic heterocycles. The van der Waals surface area contributed by atoms with Crippen LogP contribution in [-0.2, 0) is 27.7 Å². The first kappa shape index (κ1) is 26.7. The van der Waals surface area contributed by atoms with Crippen molar-refractivity contribution >= 4 is 15.8 Å². The van der Waals surface area contributed by atoms with E-state index < -0.39 is 15.8 Å². The van der Waals surface area contributed by atoms with E-state index in [1.54, 1.807) is 0 Å². The molecule has 4 rings (SSSR count). The predicted molar refractivity (Wildman–Crippen MR) is 145 cm³/mol. The third-order valence-corrected chi connectivity index (χ3v) is 7.82. The van der Waals surface area contributed by atoms with Crippen LogP contribution in [0.3, 0.4) is 0 Å². The van der Waals surface area contributed by atoms with Crippen molar-refractivity contribution in [1.82, 2.24) is 0 Å². The molecule has 0 bridgehead atoms. The van der Waals surface area contributed by atoms with Gasteiger partial charge in [-0.3, -0.25) is 4.79 Å². The standard InChI is InChI=1S/C30H34O6S/c1-20-14-27(35-12-5-13-37(3,33)34)15-21(2)30(20)25-7-4-6-22(16-25)19-36-26-10-11-28-23(17-26)8-9-24(28)18-29(31)32/h4,6-7,10-11,14-17,24H,5,8-9,12-13,18-19H2,1-3H3,(H,31,32)/t24-/m0/s1. The minimum Gasteiger partial charge on any atom is -0.494 e. The SMILES string of the molecule is Cc1cc(OCCCS(C)(=O)=O)cc(C)c1-c1cccc(COc2ccc3c(c2)CC[C@H]3CC(=O)O)c1. The summed E-state index contributed by atoms with van der Waals surface area (Å²) in [7, 11) is -2.98. The molecule has 0 saturated carbocycles. The highest BCUT2D eigenvalue weighted by atomic mass is 32.2. The van der Waals surface area contributed by atoms with Crippen molar-refractivity contribution in [1.29, 1.82) is 0 Å². The van der Waals surface area contributed by atoms with Gasteiger partial charge in [-0.2, -0.15) is 0 Å². The Balaban J connectivity index is 1.42. The van der Waals surface area contributed by atoms with Crippen LogP contribution >= 0.6 is 0 Å². The number of aryl methyl sites for hydroxylation is 3.